The fraction of sp³-hybridized carbons (Fsp3) is 0.708. The SMILES string of the molecule is C[C@@H]1C[C@H]2[C@@H]3CCC4=CC(=O)C=C[C@]4(C)[C@@]3(Br)[C@@H](O)C[C@]2(C)[C@H]1C(=O)CCC(=O)O. The van der Waals surface area contributed by atoms with E-state index < -0.39 is 21.8 Å². The zero-order valence-electron chi connectivity index (χ0n) is 17.9. The van der Waals surface area contributed by atoms with Crippen LogP contribution in [0.5, 0.6) is 0 Å². The summed E-state index contributed by atoms with van der Waals surface area (Å²) < 4.78 is -0.579. The molecule has 0 unspecified atom stereocenters. The number of carboxylic acid groups (broad SMARTS) is 1. The highest BCUT2D eigenvalue weighted by atomic mass is 79.9. The van der Waals surface area contributed by atoms with E-state index in [0.29, 0.717) is 6.42 Å². The highest BCUT2D eigenvalue weighted by Gasteiger charge is 2.69. The molecule has 30 heavy (non-hydrogen) atoms. The molecule has 4 aliphatic rings. The monoisotopic (exact) mass is 478 g/mol. The first-order chi connectivity index (χ1) is 13.9. The fourth-order valence-corrected chi connectivity index (χ4v) is 8.75. The fourth-order valence-electron chi connectivity index (χ4n) is 7.65. The number of Topliss-reactive ketones (excluding diaryl/α,β-unsaturated/α-hetero) is 1. The summed E-state index contributed by atoms with van der Waals surface area (Å²) in [6.45, 7) is 6.35. The van der Waals surface area contributed by atoms with Crippen LogP contribution < -0.4 is 0 Å². The Hall–Kier alpha value is -1.27. The Morgan fingerprint density at radius 3 is 2.60 bits per heavy atom. The van der Waals surface area contributed by atoms with Gasteiger partial charge in [-0.3, -0.25) is 14.4 Å². The number of carbonyl (C=O) groups is 3. The van der Waals surface area contributed by atoms with Crippen LogP contribution in [-0.4, -0.2) is 38.2 Å². The molecule has 2 N–H and O–H groups in total. The van der Waals surface area contributed by atoms with E-state index in [1.54, 1.807) is 12.2 Å². The second-order valence-electron chi connectivity index (χ2n) is 10.4. The Balaban J connectivity index is 1.71. The van der Waals surface area contributed by atoms with Crippen LogP contribution in [0.1, 0.15) is 59.3 Å². The standard InChI is InChI=1S/C24H31BrO5/c1-13-10-17-16-5-4-14-11-15(26)8-9-23(14,3)24(16,25)19(28)12-22(17,2)21(13)18(27)6-7-20(29)30/h8-9,11,13,16-17,19,21,28H,4-7,10,12H2,1-3H3,(H,29,30)/t13-,16+,17+,19+,21-,22+,23+,24+/m1/s1. The number of halogens is 1. The number of hydrogen-bond acceptors (Lipinski definition) is 4. The molecule has 0 saturated heterocycles. The van der Waals surface area contributed by atoms with Gasteiger partial charge in [0.25, 0.3) is 0 Å². The Kier molecular flexibility index (Phi) is 5.21. The van der Waals surface area contributed by atoms with E-state index in [1.165, 1.54) is 0 Å². The van der Waals surface area contributed by atoms with Crippen molar-refractivity contribution in [1.82, 2.24) is 0 Å². The van der Waals surface area contributed by atoms with Gasteiger partial charge in [-0.15, -0.1) is 0 Å². The van der Waals surface area contributed by atoms with E-state index in [2.05, 4.69) is 36.7 Å². The molecule has 0 radical (unpaired) electrons. The average Bonchev–Trinajstić information content (AvgIpc) is 2.91. The normalized spacial score (nSPS) is 47.2. The first kappa shape index (κ1) is 21.9. The average molecular weight is 479 g/mol. The maximum absolute atomic E-state index is 13.1. The summed E-state index contributed by atoms with van der Waals surface area (Å²) in [4.78, 5) is 36.1. The highest BCUT2D eigenvalue weighted by molar-refractivity contribution is 9.10. The molecule has 3 saturated carbocycles. The lowest BCUT2D eigenvalue weighted by Crippen LogP contribution is -2.65. The minimum Gasteiger partial charge on any atom is -0.481 e. The molecule has 0 heterocycles. The third-order valence-electron chi connectivity index (χ3n) is 8.91. The molecule has 4 rings (SSSR count). The van der Waals surface area contributed by atoms with Crippen molar-refractivity contribution >= 4 is 33.5 Å². The molecular formula is C24H31BrO5. The molecule has 0 bridgehead atoms. The van der Waals surface area contributed by atoms with Crippen LogP contribution in [0, 0.1) is 34.5 Å². The molecule has 0 aromatic heterocycles. The third kappa shape index (κ3) is 2.85. The number of carboxylic acids is 1. The number of aliphatic carboxylic acids is 1. The summed E-state index contributed by atoms with van der Waals surface area (Å²) >= 11 is 4.03. The van der Waals surface area contributed by atoms with Crippen molar-refractivity contribution in [2.45, 2.75) is 69.7 Å². The molecule has 5 nitrogen and oxygen atoms in total. The number of hydrogen-bond donors (Lipinski definition) is 2. The summed E-state index contributed by atoms with van der Waals surface area (Å²) in [5.74, 6) is -0.541. The van der Waals surface area contributed by atoms with Crippen molar-refractivity contribution in [3.8, 4) is 0 Å². The van der Waals surface area contributed by atoms with Crippen LogP contribution in [0.4, 0.5) is 0 Å². The van der Waals surface area contributed by atoms with Gasteiger partial charge in [-0.05, 0) is 61.0 Å². The van der Waals surface area contributed by atoms with Crippen molar-refractivity contribution < 1.29 is 24.6 Å². The van der Waals surface area contributed by atoms with E-state index in [9.17, 15) is 19.5 Å². The Morgan fingerprint density at radius 2 is 1.93 bits per heavy atom. The van der Waals surface area contributed by atoms with Gasteiger partial charge in [-0.25, -0.2) is 0 Å². The van der Waals surface area contributed by atoms with Crippen molar-refractivity contribution in [1.29, 1.82) is 0 Å². The summed E-state index contributed by atoms with van der Waals surface area (Å²) in [7, 11) is 0. The molecule has 4 aliphatic carbocycles. The van der Waals surface area contributed by atoms with E-state index in [0.717, 1.165) is 24.8 Å². The van der Waals surface area contributed by atoms with Crippen molar-refractivity contribution in [3.05, 3.63) is 23.8 Å². The topological polar surface area (TPSA) is 91.7 Å². The number of alkyl halides is 1. The first-order valence-corrected chi connectivity index (χ1v) is 11.8. The van der Waals surface area contributed by atoms with Gasteiger partial charge >= 0.3 is 5.97 Å². The quantitative estimate of drug-likeness (QED) is 0.593. The lowest BCUT2D eigenvalue weighted by molar-refractivity contribution is -0.142. The Morgan fingerprint density at radius 1 is 1.23 bits per heavy atom. The van der Waals surface area contributed by atoms with E-state index in [4.69, 9.17) is 5.11 Å². The third-order valence-corrected chi connectivity index (χ3v) is 10.9. The lowest BCUT2D eigenvalue weighted by atomic mass is 9.46. The summed E-state index contributed by atoms with van der Waals surface area (Å²) in [6.07, 6.45) is 7.65. The van der Waals surface area contributed by atoms with Gasteiger partial charge in [0.05, 0.1) is 16.8 Å². The van der Waals surface area contributed by atoms with Crippen molar-refractivity contribution in [2.75, 3.05) is 0 Å². The number of aliphatic hydroxyl groups is 1. The summed E-state index contributed by atoms with van der Waals surface area (Å²) in [5, 5.41) is 20.6. The molecular weight excluding hydrogens is 448 g/mol. The summed E-state index contributed by atoms with van der Waals surface area (Å²) in [6, 6.07) is 0. The van der Waals surface area contributed by atoms with Crippen molar-refractivity contribution in [2.24, 2.45) is 34.5 Å². The molecule has 3 fully saturated rings. The minimum atomic E-state index is -0.947. The molecule has 0 aliphatic heterocycles. The molecule has 0 aromatic carbocycles. The van der Waals surface area contributed by atoms with E-state index >= 15 is 0 Å². The second-order valence-corrected chi connectivity index (χ2v) is 11.7. The smallest absolute Gasteiger partial charge is 0.303 e. The maximum Gasteiger partial charge on any atom is 0.303 e. The van der Waals surface area contributed by atoms with Gasteiger partial charge in [-0.2, -0.15) is 0 Å². The molecule has 0 aromatic rings. The number of carbonyl (C=O) groups excluding carboxylic acids is 2. The second kappa shape index (κ2) is 7.13. The van der Waals surface area contributed by atoms with E-state index in [-0.39, 0.29) is 53.5 Å². The Bertz CT molecular complexity index is 862. The lowest BCUT2D eigenvalue weighted by Gasteiger charge is -2.63. The van der Waals surface area contributed by atoms with Crippen LogP contribution in [-0.2, 0) is 14.4 Å². The summed E-state index contributed by atoms with van der Waals surface area (Å²) in [5.41, 5.74) is 0.285. The number of aliphatic hydroxyl groups excluding tert-OH is 1. The highest BCUT2D eigenvalue weighted by Crippen LogP contribution is 2.71. The molecule has 0 amide bonds. The minimum absolute atomic E-state index is 0.00532. The van der Waals surface area contributed by atoms with Crippen LogP contribution >= 0.6 is 15.9 Å². The van der Waals surface area contributed by atoms with Crippen LogP contribution in [0.15, 0.2) is 23.8 Å². The van der Waals surface area contributed by atoms with Gasteiger partial charge in [0, 0.05) is 17.8 Å². The molecule has 0 spiro atoms. The van der Waals surface area contributed by atoms with Crippen LogP contribution in [0.3, 0.4) is 0 Å². The van der Waals surface area contributed by atoms with Gasteiger partial charge in [0.1, 0.15) is 5.78 Å². The van der Waals surface area contributed by atoms with Crippen LogP contribution in [0.25, 0.3) is 0 Å². The first-order valence-electron chi connectivity index (χ1n) is 11.0. The number of rotatable bonds is 4. The predicted octanol–water partition coefficient (Wildman–Crippen LogP) is 4.08. The van der Waals surface area contributed by atoms with Gasteiger partial charge in [-0.1, -0.05) is 48.4 Å². The Labute approximate surface area is 186 Å². The van der Waals surface area contributed by atoms with E-state index in [1.807, 2.05) is 6.08 Å². The number of allylic oxidation sites excluding steroid dienone is 4. The molecule has 6 heteroatoms. The van der Waals surface area contributed by atoms with Crippen molar-refractivity contribution in [3.63, 3.8) is 0 Å². The number of ketones is 2. The van der Waals surface area contributed by atoms with Gasteiger partial charge < -0.3 is 10.2 Å². The van der Waals surface area contributed by atoms with Gasteiger partial charge in [0.2, 0.25) is 0 Å². The maximum atomic E-state index is 13.1. The number of fused-ring (bicyclic) bond motifs is 5. The largest absolute Gasteiger partial charge is 0.481 e. The zero-order chi connectivity index (χ0) is 22.1. The zero-order valence-corrected chi connectivity index (χ0v) is 19.4. The van der Waals surface area contributed by atoms with Crippen LogP contribution in [0.2, 0.25) is 0 Å². The predicted molar refractivity (Wildman–Crippen MR) is 116 cm³/mol. The van der Waals surface area contributed by atoms with Gasteiger partial charge in [0.15, 0.2) is 5.78 Å². The molecule has 8 atom stereocenters. The molecule has 164 valence electrons.